The average molecular weight is 205 g/mol. The van der Waals surface area contributed by atoms with E-state index in [9.17, 15) is 5.11 Å². The second-order valence-electron chi connectivity index (χ2n) is 2.17. The van der Waals surface area contributed by atoms with E-state index in [1.807, 2.05) is 6.08 Å². The smallest absolute Gasteiger partial charge is 0.142 e. The van der Waals surface area contributed by atoms with Crippen LogP contribution < -0.4 is 0 Å². The van der Waals surface area contributed by atoms with E-state index >= 15 is 0 Å². The molecule has 56 valence electrons. The molecule has 0 amide bonds. The Morgan fingerprint density at radius 1 is 1.80 bits per heavy atom. The van der Waals surface area contributed by atoms with E-state index in [0.29, 0.717) is 6.42 Å². The second kappa shape index (κ2) is 2.76. The number of halogens is 1. The van der Waals surface area contributed by atoms with Gasteiger partial charge in [0.2, 0.25) is 0 Å². The summed E-state index contributed by atoms with van der Waals surface area (Å²) in [6.07, 6.45) is 5.77. The van der Waals surface area contributed by atoms with E-state index in [-0.39, 0.29) is 0 Å². The van der Waals surface area contributed by atoms with Gasteiger partial charge >= 0.3 is 0 Å². The average Bonchev–Trinajstić information content (AvgIpc) is 1.88. The van der Waals surface area contributed by atoms with Crippen LogP contribution in [-0.4, -0.2) is 16.7 Å². The van der Waals surface area contributed by atoms with Crippen molar-refractivity contribution >= 4 is 15.9 Å². The van der Waals surface area contributed by atoms with Gasteiger partial charge in [0.25, 0.3) is 0 Å². The van der Waals surface area contributed by atoms with E-state index in [1.165, 1.54) is 0 Å². The molecule has 0 saturated carbocycles. The van der Waals surface area contributed by atoms with Crippen LogP contribution in [0.25, 0.3) is 0 Å². The van der Waals surface area contributed by atoms with Gasteiger partial charge in [0.15, 0.2) is 0 Å². The number of alkyl halides is 1. The van der Waals surface area contributed by atoms with Gasteiger partial charge in [-0.05, 0) is 34.2 Å². The van der Waals surface area contributed by atoms with Crippen molar-refractivity contribution in [1.29, 1.82) is 0 Å². The van der Waals surface area contributed by atoms with Gasteiger partial charge in [0.1, 0.15) is 10.3 Å². The van der Waals surface area contributed by atoms with Gasteiger partial charge in [-0.25, -0.2) is 0 Å². The van der Waals surface area contributed by atoms with Crippen molar-refractivity contribution in [2.24, 2.45) is 0 Å². The van der Waals surface area contributed by atoms with Gasteiger partial charge in [0, 0.05) is 6.42 Å². The van der Waals surface area contributed by atoms with Crippen molar-refractivity contribution in [3.63, 3.8) is 0 Å². The Bertz CT molecular complexity index is 182. The van der Waals surface area contributed by atoms with E-state index in [2.05, 4.69) is 15.9 Å². The summed E-state index contributed by atoms with van der Waals surface area (Å²) in [6.45, 7) is 0. The number of methoxy groups -OCH3 is 1. The topological polar surface area (TPSA) is 29.5 Å². The molecule has 0 aliphatic heterocycles. The predicted octanol–water partition coefficient (Wildman–Crippen LogP) is 1.56. The Labute approximate surface area is 68.3 Å². The summed E-state index contributed by atoms with van der Waals surface area (Å²) < 4.78 is 4.06. The van der Waals surface area contributed by atoms with Crippen molar-refractivity contribution in [2.45, 2.75) is 10.9 Å². The fourth-order valence-corrected chi connectivity index (χ4v) is 1.04. The molecule has 0 radical (unpaired) electrons. The molecule has 0 saturated heterocycles. The quantitative estimate of drug-likeness (QED) is 0.658. The largest absolute Gasteiger partial charge is 0.497 e. The number of hydrogen-bond donors (Lipinski definition) is 1. The molecule has 0 heterocycles. The first-order valence-electron chi connectivity index (χ1n) is 2.99. The highest BCUT2D eigenvalue weighted by molar-refractivity contribution is 9.10. The lowest BCUT2D eigenvalue weighted by Crippen LogP contribution is -2.17. The van der Waals surface area contributed by atoms with Crippen molar-refractivity contribution in [3.05, 3.63) is 24.0 Å². The fraction of sp³-hybridized carbons (Fsp3) is 0.429. The van der Waals surface area contributed by atoms with Crippen LogP contribution in [-0.2, 0) is 4.74 Å². The summed E-state index contributed by atoms with van der Waals surface area (Å²) in [4.78, 5) is 0. The van der Waals surface area contributed by atoms with Gasteiger partial charge in [-0.2, -0.15) is 0 Å². The lowest BCUT2D eigenvalue weighted by molar-refractivity contribution is 0.191. The maximum atomic E-state index is 9.32. The number of hydrogen-bond acceptors (Lipinski definition) is 2. The molecule has 3 heteroatoms. The Kier molecular flexibility index (Phi) is 2.16. The van der Waals surface area contributed by atoms with Crippen molar-refractivity contribution in [1.82, 2.24) is 0 Å². The molecule has 1 unspecified atom stereocenters. The van der Waals surface area contributed by atoms with E-state index < -0.39 is 4.51 Å². The Morgan fingerprint density at radius 3 is 2.90 bits per heavy atom. The van der Waals surface area contributed by atoms with Crippen LogP contribution in [0.15, 0.2) is 24.0 Å². The lowest BCUT2D eigenvalue weighted by Gasteiger charge is -2.18. The van der Waals surface area contributed by atoms with Crippen LogP contribution in [0.2, 0.25) is 0 Å². The van der Waals surface area contributed by atoms with Crippen molar-refractivity contribution in [2.75, 3.05) is 7.11 Å². The molecule has 0 aromatic rings. The van der Waals surface area contributed by atoms with Crippen molar-refractivity contribution in [3.8, 4) is 0 Å². The zero-order valence-corrected chi connectivity index (χ0v) is 7.26. The number of allylic oxidation sites excluding steroid dienone is 1. The summed E-state index contributed by atoms with van der Waals surface area (Å²) in [6, 6.07) is 0. The van der Waals surface area contributed by atoms with Crippen LogP contribution >= 0.6 is 15.9 Å². The maximum Gasteiger partial charge on any atom is 0.142 e. The highest BCUT2D eigenvalue weighted by Crippen LogP contribution is 2.26. The Hall–Kier alpha value is -0.280. The number of rotatable bonds is 1. The van der Waals surface area contributed by atoms with Gasteiger partial charge in [-0.15, -0.1) is 0 Å². The first-order valence-corrected chi connectivity index (χ1v) is 3.78. The minimum Gasteiger partial charge on any atom is -0.497 e. The van der Waals surface area contributed by atoms with Gasteiger partial charge in [-0.1, -0.05) is 0 Å². The summed E-state index contributed by atoms with van der Waals surface area (Å²) in [5, 5.41) is 9.32. The van der Waals surface area contributed by atoms with E-state index in [0.717, 1.165) is 5.76 Å². The van der Waals surface area contributed by atoms with E-state index in [4.69, 9.17) is 4.74 Å². The molecule has 1 N–H and O–H groups in total. The Balaban J connectivity index is 2.63. The highest BCUT2D eigenvalue weighted by atomic mass is 79.9. The zero-order valence-electron chi connectivity index (χ0n) is 5.67. The summed E-state index contributed by atoms with van der Waals surface area (Å²) in [7, 11) is 1.61. The van der Waals surface area contributed by atoms with Crippen LogP contribution in [0.3, 0.4) is 0 Å². The molecule has 2 nitrogen and oxygen atoms in total. The highest BCUT2D eigenvalue weighted by Gasteiger charge is 2.20. The predicted molar refractivity (Wildman–Crippen MR) is 42.7 cm³/mol. The van der Waals surface area contributed by atoms with Crippen LogP contribution in [0.1, 0.15) is 6.42 Å². The minimum absolute atomic E-state index is 0.548. The van der Waals surface area contributed by atoms with E-state index in [1.54, 1.807) is 19.3 Å². The number of aliphatic hydroxyl groups is 1. The van der Waals surface area contributed by atoms with Crippen LogP contribution in [0.4, 0.5) is 0 Å². The molecule has 0 aromatic heterocycles. The molecule has 1 atom stereocenters. The standard InChI is InChI=1S/C7H9BrO2/c1-10-6-2-4-7(8,9)5-3-6/h2-4,9H,5H2,1H3. The van der Waals surface area contributed by atoms with Crippen LogP contribution in [0.5, 0.6) is 0 Å². The van der Waals surface area contributed by atoms with Gasteiger partial charge in [-0.3, -0.25) is 0 Å². The lowest BCUT2D eigenvalue weighted by atomic mass is 10.1. The van der Waals surface area contributed by atoms with Gasteiger partial charge < -0.3 is 9.84 Å². The summed E-state index contributed by atoms with van der Waals surface area (Å²) in [5.41, 5.74) is 0. The third kappa shape index (κ3) is 1.85. The third-order valence-electron chi connectivity index (χ3n) is 1.33. The molecule has 10 heavy (non-hydrogen) atoms. The summed E-state index contributed by atoms with van der Waals surface area (Å²) in [5.74, 6) is 0.795. The molecule has 1 rings (SSSR count). The SMILES string of the molecule is COC1=CCC(O)(Br)C=C1. The molecule has 0 fully saturated rings. The zero-order chi connectivity index (χ0) is 7.61. The third-order valence-corrected chi connectivity index (χ3v) is 1.92. The summed E-state index contributed by atoms with van der Waals surface area (Å²) >= 11 is 3.12. The Morgan fingerprint density at radius 2 is 2.50 bits per heavy atom. The van der Waals surface area contributed by atoms with Crippen LogP contribution in [0, 0.1) is 0 Å². The number of ether oxygens (including phenoxy) is 1. The molecule has 0 spiro atoms. The molecule has 1 aliphatic rings. The molecular formula is C7H9BrO2. The molecule has 0 bridgehead atoms. The first-order chi connectivity index (χ1) is 4.64. The van der Waals surface area contributed by atoms with Crippen molar-refractivity contribution < 1.29 is 9.84 Å². The maximum absolute atomic E-state index is 9.32. The minimum atomic E-state index is -0.866. The first kappa shape index (κ1) is 7.82. The molecule has 1 aliphatic carbocycles. The second-order valence-corrected chi connectivity index (χ2v) is 3.54. The van der Waals surface area contributed by atoms with Gasteiger partial charge in [0.05, 0.1) is 7.11 Å². The molecule has 0 aromatic carbocycles. The monoisotopic (exact) mass is 204 g/mol. The fourth-order valence-electron chi connectivity index (χ4n) is 0.741. The molecular weight excluding hydrogens is 196 g/mol. The normalized spacial score (nSPS) is 31.7.